The van der Waals surface area contributed by atoms with E-state index in [1.165, 1.54) is 18.4 Å². The minimum atomic E-state index is -0.186. The Hall–Kier alpha value is -1.41. The minimum Gasteiger partial charge on any atom is -0.491 e. The van der Waals surface area contributed by atoms with E-state index in [2.05, 4.69) is 13.0 Å². The van der Waals surface area contributed by atoms with Gasteiger partial charge in [-0.2, -0.15) is 0 Å². The SMILES string of the molecule is CCC/C=C1/C(Cl)=C(c2ccc(OC(C)C)cc2)OC12CCCC2. The van der Waals surface area contributed by atoms with E-state index >= 15 is 0 Å². The molecule has 1 aliphatic carbocycles. The zero-order valence-electron chi connectivity index (χ0n) is 14.9. The van der Waals surface area contributed by atoms with Crippen LogP contribution in [0.3, 0.4) is 0 Å². The molecule has 0 bridgehead atoms. The molecular formula is C21H27ClO2. The third-order valence-corrected chi connectivity index (χ3v) is 5.14. The average molecular weight is 347 g/mol. The Bertz CT molecular complexity index is 634. The van der Waals surface area contributed by atoms with Crippen molar-refractivity contribution in [2.24, 2.45) is 0 Å². The van der Waals surface area contributed by atoms with Crippen molar-refractivity contribution in [3.63, 3.8) is 0 Å². The zero-order valence-corrected chi connectivity index (χ0v) is 15.7. The fraction of sp³-hybridized carbons (Fsp3) is 0.524. The highest BCUT2D eigenvalue weighted by Crippen LogP contribution is 2.53. The molecule has 0 radical (unpaired) electrons. The van der Waals surface area contributed by atoms with Crippen molar-refractivity contribution in [3.05, 3.63) is 46.5 Å². The van der Waals surface area contributed by atoms with Crippen LogP contribution in [-0.2, 0) is 4.74 Å². The van der Waals surface area contributed by atoms with Gasteiger partial charge in [-0.3, -0.25) is 0 Å². The maximum Gasteiger partial charge on any atom is 0.146 e. The van der Waals surface area contributed by atoms with Gasteiger partial charge >= 0.3 is 0 Å². The highest BCUT2D eigenvalue weighted by atomic mass is 35.5. The van der Waals surface area contributed by atoms with Crippen LogP contribution in [0.1, 0.15) is 64.9 Å². The van der Waals surface area contributed by atoms with Crippen molar-refractivity contribution in [2.75, 3.05) is 0 Å². The second kappa shape index (κ2) is 7.23. The molecule has 0 saturated heterocycles. The van der Waals surface area contributed by atoms with Gasteiger partial charge in [0, 0.05) is 11.1 Å². The summed E-state index contributed by atoms with van der Waals surface area (Å²) >= 11 is 6.76. The standard InChI is InChI=1S/C21H27ClO2/c1-4-5-8-18-19(22)20(24-21(18)13-6-7-14-21)16-9-11-17(12-10-16)23-15(2)3/h8-12,15H,4-7,13-14H2,1-3H3/b18-8-. The van der Waals surface area contributed by atoms with Gasteiger partial charge in [0.15, 0.2) is 0 Å². The van der Waals surface area contributed by atoms with E-state index in [0.717, 1.165) is 47.8 Å². The predicted molar refractivity (Wildman–Crippen MR) is 100 cm³/mol. The van der Waals surface area contributed by atoms with Gasteiger partial charge in [-0.15, -0.1) is 0 Å². The summed E-state index contributed by atoms with van der Waals surface area (Å²) in [4.78, 5) is 0. The molecule has 24 heavy (non-hydrogen) atoms. The fourth-order valence-corrected chi connectivity index (χ4v) is 4.04. The first-order valence-corrected chi connectivity index (χ1v) is 9.50. The van der Waals surface area contributed by atoms with E-state index in [9.17, 15) is 0 Å². The van der Waals surface area contributed by atoms with Crippen LogP contribution in [-0.4, -0.2) is 11.7 Å². The van der Waals surface area contributed by atoms with Crippen LogP contribution < -0.4 is 4.74 Å². The maximum atomic E-state index is 6.76. The van der Waals surface area contributed by atoms with Gasteiger partial charge in [0.2, 0.25) is 0 Å². The topological polar surface area (TPSA) is 18.5 Å². The summed E-state index contributed by atoms with van der Waals surface area (Å²) in [5.74, 6) is 1.71. The highest BCUT2D eigenvalue weighted by molar-refractivity contribution is 6.35. The summed E-state index contributed by atoms with van der Waals surface area (Å²) in [6.07, 6.45) is 9.19. The molecule has 1 saturated carbocycles. The lowest BCUT2D eigenvalue weighted by Crippen LogP contribution is -2.26. The molecule has 1 fully saturated rings. The summed E-state index contributed by atoms with van der Waals surface area (Å²) in [5, 5.41) is 0.794. The minimum absolute atomic E-state index is 0.173. The van der Waals surface area contributed by atoms with E-state index in [4.69, 9.17) is 21.1 Å². The Morgan fingerprint density at radius 1 is 1.21 bits per heavy atom. The lowest BCUT2D eigenvalue weighted by molar-refractivity contribution is 0.100. The molecule has 0 amide bonds. The normalized spacial score (nSPS) is 21.1. The summed E-state index contributed by atoms with van der Waals surface area (Å²) in [6, 6.07) is 8.07. The number of allylic oxidation sites excluding steroid dienone is 1. The molecular weight excluding hydrogens is 320 g/mol. The first kappa shape index (κ1) is 17.4. The fourth-order valence-electron chi connectivity index (χ4n) is 3.64. The van der Waals surface area contributed by atoms with Crippen molar-refractivity contribution in [2.45, 2.75) is 71.0 Å². The Kier molecular flexibility index (Phi) is 5.24. The van der Waals surface area contributed by atoms with E-state index in [1.54, 1.807) is 0 Å². The molecule has 1 aliphatic heterocycles. The zero-order chi connectivity index (χ0) is 17.2. The molecule has 2 nitrogen and oxygen atoms in total. The van der Waals surface area contributed by atoms with Crippen LogP contribution in [0.25, 0.3) is 5.76 Å². The number of halogens is 1. The van der Waals surface area contributed by atoms with Crippen molar-refractivity contribution >= 4 is 17.4 Å². The highest BCUT2D eigenvalue weighted by Gasteiger charge is 2.47. The number of rotatable bonds is 5. The molecule has 0 atom stereocenters. The van der Waals surface area contributed by atoms with Gasteiger partial charge in [-0.05, 0) is 70.2 Å². The third kappa shape index (κ3) is 3.35. The lowest BCUT2D eigenvalue weighted by Gasteiger charge is -2.26. The van der Waals surface area contributed by atoms with Crippen molar-refractivity contribution in [1.82, 2.24) is 0 Å². The average Bonchev–Trinajstić information content (AvgIpc) is 3.12. The van der Waals surface area contributed by atoms with Crippen LogP contribution >= 0.6 is 11.6 Å². The number of unbranched alkanes of at least 4 members (excludes halogenated alkanes) is 1. The Morgan fingerprint density at radius 3 is 2.46 bits per heavy atom. The van der Waals surface area contributed by atoms with E-state index in [1.807, 2.05) is 38.1 Å². The Labute approximate surface area is 150 Å². The Balaban J connectivity index is 1.90. The van der Waals surface area contributed by atoms with Crippen LogP contribution in [0.5, 0.6) is 5.75 Å². The molecule has 3 rings (SSSR count). The maximum absolute atomic E-state index is 6.76. The first-order valence-electron chi connectivity index (χ1n) is 9.12. The molecule has 1 heterocycles. The number of hydrogen-bond acceptors (Lipinski definition) is 2. The summed E-state index contributed by atoms with van der Waals surface area (Å²) in [6.45, 7) is 6.25. The van der Waals surface area contributed by atoms with Crippen LogP contribution in [0.15, 0.2) is 40.9 Å². The Morgan fingerprint density at radius 2 is 1.88 bits per heavy atom. The van der Waals surface area contributed by atoms with Gasteiger partial charge in [0.1, 0.15) is 17.1 Å². The van der Waals surface area contributed by atoms with Crippen molar-refractivity contribution in [1.29, 1.82) is 0 Å². The monoisotopic (exact) mass is 346 g/mol. The van der Waals surface area contributed by atoms with Gasteiger partial charge in [0.25, 0.3) is 0 Å². The molecule has 1 aromatic carbocycles. The molecule has 1 spiro atoms. The van der Waals surface area contributed by atoms with E-state index in [0.29, 0.717) is 0 Å². The van der Waals surface area contributed by atoms with Gasteiger partial charge in [0.05, 0.1) is 11.1 Å². The molecule has 130 valence electrons. The van der Waals surface area contributed by atoms with E-state index in [-0.39, 0.29) is 11.7 Å². The number of hydrogen-bond donors (Lipinski definition) is 0. The largest absolute Gasteiger partial charge is 0.491 e. The first-order chi connectivity index (χ1) is 11.6. The predicted octanol–water partition coefficient (Wildman–Crippen LogP) is 6.45. The van der Waals surface area contributed by atoms with Crippen LogP contribution in [0.2, 0.25) is 0 Å². The van der Waals surface area contributed by atoms with Gasteiger partial charge in [-0.25, -0.2) is 0 Å². The second-order valence-corrected chi connectivity index (χ2v) is 7.42. The molecule has 0 N–H and O–H groups in total. The lowest BCUT2D eigenvalue weighted by atomic mass is 9.91. The summed E-state index contributed by atoms with van der Waals surface area (Å²) in [7, 11) is 0. The molecule has 0 unspecified atom stereocenters. The molecule has 0 aromatic heterocycles. The molecule has 3 heteroatoms. The van der Waals surface area contributed by atoms with Crippen LogP contribution in [0.4, 0.5) is 0 Å². The summed E-state index contributed by atoms with van der Waals surface area (Å²) < 4.78 is 12.2. The molecule has 1 aromatic rings. The van der Waals surface area contributed by atoms with Crippen molar-refractivity contribution < 1.29 is 9.47 Å². The molecule has 2 aliphatic rings. The van der Waals surface area contributed by atoms with Crippen molar-refractivity contribution in [3.8, 4) is 5.75 Å². The van der Waals surface area contributed by atoms with Crippen LogP contribution in [0, 0.1) is 0 Å². The third-order valence-electron chi connectivity index (χ3n) is 4.76. The van der Waals surface area contributed by atoms with Gasteiger partial charge < -0.3 is 9.47 Å². The summed E-state index contributed by atoms with van der Waals surface area (Å²) in [5.41, 5.74) is 2.05. The quantitative estimate of drug-likeness (QED) is 0.609. The number of ether oxygens (including phenoxy) is 2. The number of benzene rings is 1. The van der Waals surface area contributed by atoms with Gasteiger partial charge in [-0.1, -0.05) is 31.0 Å². The van der Waals surface area contributed by atoms with E-state index < -0.39 is 0 Å². The smallest absolute Gasteiger partial charge is 0.146 e. The second-order valence-electron chi connectivity index (χ2n) is 7.04.